The van der Waals surface area contributed by atoms with Crippen LogP contribution in [0.3, 0.4) is 0 Å². The van der Waals surface area contributed by atoms with Crippen molar-refractivity contribution in [2.24, 2.45) is 0 Å². The monoisotopic (exact) mass is 315 g/mol. The normalized spacial score (nSPS) is 12.3. The quantitative estimate of drug-likeness (QED) is 0.929. The number of carbonyl (C=O) groups is 1. The second kappa shape index (κ2) is 5.35. The molecule has 0 spiro atoms. The second-order valence-corrected chi connectivity index (χ2v) is 5.05. The lowest BCUT2D eigenvalue weighted by Crippen LogP contribution is -2.42. The molecule has 1 amide bonds. The Hall–Kier alpha value is -2.52. The molecule has 2 rings (SSSR count). The van der Waals surface area contributed by atoms with Crippen LogP contribution in [0.5, 0.6) is 0 Å². The van der Waals surface area contributed by atoms with Crippen molar-refractivity contribution in [3.8, 4) is 0 Å². The first kappa shape index (κ1) is 15.9. The van der Waals surface area contributed by atoms with Gasteiger partial charge >= 0.3 is 6.18 Å². The van der Waals surface area contributed by atoms with Gasteiger partial charge in [0.25, 0.3) is 5.91 Å². The molecule has 0 unspecified atom stereocenters. The largest absolute Gasteiger partial charge is 0.433 e. The number of carbonyl (C=O) groups excluding carboxylic acids is 1. The fraction of sp³-hybridized carbons (Fsp3) is 0.417. The van der Waals surface area contributed by atoms with Crippen LogP contribution in [0, 0.1) is 6.92 Å². The molecule has 0 fully saturated rings. The van der Waals surface area contributed by atoms with Gasteiger partial charge < -0.3 is 9.84 Å². The molecule has 0 bridgehead atoms. The van der Waals surface area contributed by atoms with Gasteiger partial charge in [0.05, 0.1) is 5.54 Å². The molecule has 1 N–H and O–H groups in total. The molecule has 0 aliphatic carbocycles. The molecule has 2 heterocycles. The van der Waals surface area contributed by atoms with Crippen LogP contribution in [0.4, 0.5) is 13.2 Å². The van der Waals surface area contributed by atoms with Gasteiger partial charge in [0, 0.05) is 5.69 Å². The van der Waals surface area contributed by atoms with Gasteiger partial charge in [0.1, 0.15) is 5.69 Å². The van der Waals surface area contributed by atoms with Crippen LogP contribution in [0.15, 0.2) is 17.0 Å². The fourth-order valence-electron chi connectivity index (χ4n) is 1.66. The standard InChI is InChI=1S/C12H12F3N5O2/c1-6-4-7(12(13,14)15)18-8(17-6)9(21)19-11(2,3)10-16-5-22-20-10/h4-5H,1-3H3,(H,19,21). The van der Waals surface area contributed by atoms with Crippen LogP contribution in [0.2, 0.25) is 0 Å². The van der Waals surface area contributed by atoms with Gasteiger partial charge in [-0.1, -0.05) is 5.16 Å². The highest BCUT2D eigenvalue weighted by atomic mass is 19.4. The van der Waals surface area contributed by atoms with Crippen LogP contribution in [-0.2, 0) is 11.7 Å². The minimum absolute atomic E-state index is 0.0323. The summed E-state index contributed by atoms with van der Waals surface area (Å²) in [5.41, 5.74) is -2.21. The van der Waals surface area contributed by atoms with E-state index in [1.54, 1.807) is 13.8 Å². The predicted molar refractivity (Wildman–Crippen MR) is 66.6 cm³/mol. The summed E-state index contributed by atoms with van der Waals surface area (Å²) < 4.78 is 42.7. The van der Waals surface area contributed by atoms with Crippen molar-refractivity contribution in [2.45, 2.75) is 32.5 Å². The number of hydrogen-bond donors (Lipinski definition) is 1. The van der Waals surface area contributed by atoms with Gasteiger partial charge in [-0.2, -0.15) is 18.2 Å². The molecule has 7 nitrogen and oxygen atoms in total. The van der Waals surface area contributed by atoms with Gasteiger partial charge in [-0.25, -0.2) is 9.97 Å². The molecule has 22 heavy (non-hydrogen) atoms. The highest BCUT2D eigenvalue weighted by Crippen LogP contribution is 2.27. The highest BCUT2D eigenvalue weighted by molar-refractivity contribution is 5.91. The van der Waals surface area contributed by atoms with Crippen molar-refractivity contribution in [1.29, 1.82) is 0 Å². The zero-order chi connectivity index (χ0) is 16.5. The van der Waals surface area contributed by atoms with E-state index >= 15 is 0 Å². The summed E-state index contributed by atoms with van der Waals surface area (Å²) in [7, 11) is 0. The second-order valence-electron chi connectivity index (χ2n) is 5.05. The molecule has 0 saturated carbocycles. The van der Waals surface area contributed by atoms with E-state index in [1.807, 2.05) is 0 Å². The average molecular weight is 315 g/mol. The Morgan fingerprint density at radius 2 is 1.95 bits per heavy atom. The number of nitrogens with zero attached hydrogens (tertiary/aromatic N) is 4. The van der Waals surface area contributed by atoms with Gasteiger partial charge in [0.2, 0.25) is 12.2 Å². The van der Waals surface area contributed by atoms with E-state index in [-0.39, 0.29) is 11.5 Å². The van der Waals surface area contributed by atoms with Gasteiger partial charge in [-0.3, -0.25) is 4.79 Å². The summed E-state index contributed by atoms with van der Waals surface area (Å²) in [6.45, 7) is 4.48. The first-order chi connectivity index (χ1) is 10.1. The van der Waals surface area contributed by atoms with Crippen LogP contribution in [0.25, 0.3) is 0 Å². The summed E-state index contributed by atoms with van der Waals surface area (Å²) in [4.78, 5) is 22.9. The number of nitrogens with one attached hydrogen (secondary N) is 1. The number of rotatable bonds is 3. The summed E-state index contributed by atoms with van der Waals surface area (Å²) in [5.74, 6) is -1.28. The Balaban J connectivity index is 2.29. The summed E-state index contributed by atoms with van der Waals surface area (Å²) in [6, 6.07) is 0.765. The Morgan fingerprint density at radius 1 is 1.27 bits per heavy atom. The van der Waals surface area contributed by atoms with Crippen LogP contribution < -0.4 is 5.32 Å². The van der Waals surface area contributed by atoms with E-state index in [0.29, 0.717) is 0 Å². The molecule has 0 saturated heterocycles. The fourth-order valence-corrected chi connectivity index (χ4v) is 1.66. The number of aromatic nitrogens is 4. The lowest BCUT2D eigenvalue weighted by Gasteiger charge is -2.21. The maximum atomic E-state index is 12.7. The Bertz CT molecular complexity index is 683. The lowest BCUT2D eigenvalue weighted by atomic mass is 10.1. The van der Waals surface area contributed by atoms with Gasteiger partial charge in [0.15, 0.2) is 5.82 Å². The van der Waals surface area contributed by atoms with Crippen LogP contribution >= 0.6 is 0 Å². The lowest BCUT2D eigenvalue weighted by molar-refractivity contribution is -0.141. The Morgan fingerprint density at radius 3 is 2.50 bits per heavy atom. The molecule has 2 aromatic heterocycles. The maximum Gasteiger partial charge on any atom is 0.433 e. The molecule has 0 atom stereocenters. The minimum atomic E-state index is -4.66. The smallest absolute Gasteiger partial charge is 0.343 e. The molecular formula is C12H12F3N5O2. The molecule has 118 valence electrons. The van der Waals surface area contributed by atoms with E-state index < -0.39 is 29.1 Å². The third kappa shape index (κ3) is 3.38. The summed E-state index contributed by atoms with van der Waals surface area (Å²) >= 11 is 0. The van der Waals surface area contributed by atoms with E-state index in [4.69, 9.17) is 0 Å². The molecule has 0 radical (unpaired) electrons. The molecule has 0 aliphatic rings. The van der Waals surface area contributed by atoms with Crippen LogP contribution in [0.1, 0.15) is 41.7 Å². The summed E-state index contributed by atoms with van der Waals surface area (Å²) in [5, 5.41) is 6.05. The van der Waals surface area contributed by atoms with E-state index in [0.717, 1.165) is 12.5 Å². The number of amides is 1. The number of aryl methyl sites for hydroxylation is 1. The third-order valence-electron chi connectivity index (χ3n) is 2.69. The van der Waals surface area contributed by atoms with E-state index in [2.05, 4.69) is 29.9 Å². The molecule has 10 heteroatoms. The first-order valence-electron chi connectivity index (χ1n) is 6.12. The number of hydrogen-bond acceptors (Lipinski definition) is 6. The van der Waals surface area contributed by atoms with E-state index in [1.165, 1.54) is 6.92 Å². The molecule has 2 aromatic rings. The molecule has 0 aliphatic heterocycles. The highest BCUT2D eigenvalue weighted by Gasteiger charge is 2.35. The SMILES string of the molecule is Cc1cc(C(F)(F)F)nc(C(=O)NC(C)(C)c2ncon2)n1. The third-order valence-corrected chi connectivity index (χ3v) is 2.69. The van der Waals surface area contributed by atoms with Crippen molar-refractivity contribution in [3.05, 3.63) is 35.5 Å². The van der Waals surface area contributed by atoms with Crippen LogP contribution in [-0.4, -0.2) is 26.0 Å². The summed E-state index contributed by atoms with van der Waals surface area (Å²) in [6.07, 6.45) is -3.58. The van der Waals surface area contributed by atoms with Gasteiger partial charge in [-0.15, -0.1) is 0 Å². The average Bonchev–Trinajstić information content (AvgIpc) is 2.91. The van der Waals surface area contributed by atoms with Crippen molar-refractivity contribution in [2.75, 3.05) is 0 Å². The first-order valence-corrected chi connectivity index (χ1v) is 6.12. The topological polar surface area (TPSA) is 93.8 Å². The van der Waals surface area contributed by atoms with Crippen molar-refractivity contribution < 1.29 is 22.5 Å². The minimum Gasteiger partial charge on any atom is -0.343 e. The van der Waals surface area contributed by atoms with Crippen molar-refractivity contribution in [1.82, 2.24) is 25.4 Å². The molecule has 0 aromatic carbocycles. The maximum absolute atomic E-state index is 12.7. The predicted octanol–water partition coefficient (Wildman–Crippen LogP) is 1.85. The van der Waals surface area contributed by atoms with Gasteiger partial charge in [-0.05, 0) is 26.8 Å². The number of alkyl halides is 3. The number of halogens is 3. The Labute approximate surface area is 123 Å². The van der Waals surface area contributed by atoms with E-state index in [9.17, 15) is 18.0 Å². The zero-order valence-corrected chi connectivity index (χ0v) is 11.9. The van der Waals surface area contributed by atoms with Crippen molar-refractivity contribution >= 4 is 5.91 Å². The van der Waals surface area contributed by atoms with Crippen molar-refractivity contribution in [3.63, 3.8) is 0 Å². The molecular weight excluding hydrogens is 303 g/mol. The zero-order valence-electron chi connectivity index (χ0n) is 11.9. The Kier molecular flexibility index (Phi) is 3.86.